The SMILES string of the molecule is C=CC1=C(C(=C)C)C(=O)N(C2CCC(=O)NC2=O)C1=O.CC. The molecule has 0 spiro atoms. The Bertz CT molecular complexity index is 601. The number of imide groups is 2. The minimum atomic E-state index is -0.959. The van der Waals surface area contributed by atoms with Gasteiger partial charge in [-0.2, -0.15) is 0 Å². The monoisotopic (exact) mass is 304 g/mol. The number of rotatable bonds is 3. The molecule has 2 aliphatic rings. The second-order valence-corrected chi connectivity index (χ2v) is 4.72. The molecule has 0 aromatic heterocycles. The van der Waals surface area contributed by atoms with Gasteiger partial charge in [0.25, 0.3) is 11.8 Å². The molecule has 0 bridgehead atoms. The fraction of sp³-hybridized carbons (Fsp3) is 0.375. The van der Waals surface area contributed by atoms with Crippen LogP contribution in [0.15, 0.2) is 36.0 Å². The Labute approximate surface area is 129 Å². The lowest BCUT2D eigenvalue weighted by atomic mass is 10.0. The van der Waals surface area contributed by atoms with Crippen LogP contribution in [0.1, 0.15) is 33.6 Å². The van der Waals surface area contributed by atoms with Crippen LogP contribution in [0.3, 0.4) is 0 Å². The highest BCUT2D eigenvalue weighted by Gasteiger charge is 2.45. The number of carbonyl (C=O) groups excluding carboxylic acids is 4. The average molecular weight is 304 g/mol. The maximum atomic E-state index is 12.3. The minimum Gasteiger partial charge on any atom is -0.295 e. The standard InChI is InChI=1S/C14H14N2O4.C2H6/c1-4-8-11(7(2)3)14(20)16(13(8)19)9-5-6-10(17)15-12(9)18;1-2/h4,9H,1-2,5-6H2,3H3,(H,15,17,18);1-2H3. The number of hydrogen-bond donors (Lipinski definition) is 1. The summed E-state index contributed by atoms with van der Waals surface area (Å²) in [6, 6.07) is -0.959. The Morgan fingerprint density at radius 2 is 1.82 bits per heavy atom. The second kappa shape index (κ2) is 6.98. The van der Waals surface area contributed by atoms with E-state index in [1.165, 1.54) is 6.08 Å². The quantitative estimate of drug-likeness (QED) is 0.795. The van der Waals surface area contributed by atoms with E-state index < -0.39 is 29.7 Å². The third-order valence-corrected chi connectivity index (χ3v) is 3.30. The van der Waals surface area contributed by atoms with E-state index in [9.17, 15) is 19.2 Å². The van der Waals surface area contributed by atoms with Gasteiger partial charge in [0, 0.05) is 6.42 Å². The van der Waals surface area contributed by atoms with Crippen molar-refractivity contribution in [2.24, 2.45) is 0 Å². The van der Waals surface area contributed by atoms with Gasteiger partial charge in [-0.1, -0.05) is 33.1 Å². The molecule has 0 aromatic rings. The number of piperidine rings is 1. The highest BCUT2D eigenvalue weighted by Crippen LogP contribution is 2.29. The molecule has 22 heavy (non-hydrogen) atoms. The van der Waals surface area contributed by atoms with Crippen molar-refractivity contribution in [1.29, 1.82) is 0 Å². The van der Waals surface area contributed by atoms with Gasteiger partial charge >= 0.3 is 0 Å². The highest BCUT2D eigenvalue weighted by molar-refractivity contribution is 6.24. The number of amides is 4. The van der Waals surface area contributed by atoms with E-state index in [2.05, 4.69) is 18.5 Å². The van der Waals surface area contributed by atoms with Crippen LogP contribution in [0.25, 0.3) is 0 Å². The number of carbonyl (C=O) groups is 4. The van der Waals surface area contributed by atoms with E-state index in [0.29, 0.717) is 5.57 Å². The van der Waals surface area contributed by atoms with E-state index in [0.717, 1.165) is 4.90 Å². The zero-order valence-electron chi connectivity index (χ0n) is 13.1. The molecule has 6 heteroatoms. The van der Waals surface area contributed by atoms with Crippen LogP contribution >= 0.6 is 0 Å². The van der Waals surface area contributed by atoms with E-state index >= 15 is 0 Å². The molecule has 1 saturated heterocycles. The van der Waals surface area contributed by atoms with Crippen LogP contribution in [-0.2, 0) is 19.2 Å². The first-order valence-corrected chi connectivity index (χ1v) is 7.12. The Balaban J connectivity index is 0.00000116. The molecule has 6 nitrogen and oxygen atoms in total. The van der Waals surface area contributed by atoms with Crippen molar-refractivity contribution in [2.45, 2.75) is 39.7 Å². The van der Waals surface area contributed by atoms with Gasteiger partial charge in [0.05, 0.1) is 11.1 Å². The number of nitrogens with one attached hydrogen (secondary N) is 1. The first kappa shape index (κ1) is 17.6. The van der Waals surface area contributed by atoms with Gasteiger partial charge in [-0.3, -0.25) is 29.4 Å². The van der Waals surface area contributed by atoms with Gasteiger partial charge in [0.2, 0.25) is 11.8 Å². The summed E-state index contributed by atoms with van der Waals surface area (Å²) in [4.78, 5) is 48.4. The van der Waals surface area contributed by atoms with Gasteiger partial charge in [0.1, 0.15) is 6.04 Å². The molecule has 118 valence electrons. The average Bonchev–Trinajstić information content (AvgIpc) is 2.72. The molecule has 1 N–H and O–H groups in total. The summed E-state index contributed by atoms with van der Waals surface area (Å²) in [5, 5.41) is 2.13. The van der Waals surface area contributed by atoms with Gasteiger partial charge < -0.3 is 0 Å². The maximum Gasteiger partial charge on any atom is 0.262 e. The van der Waals surface area contributed by atoms with Crippen LogP contribution in [0.5, 0.6) is 0 Å². The van der Waals surface area contributed by atoms with Crippen LogP contribution in [-0.4, -0.2) is 34.6 Å². The third-order valence-electron chi connectivity index (χ3n) is 3.30. The minimum absolute atomic E-state index is 0.0965. The molecular weight excluding hydrogens is 284 g/mol. The molecular formula is C16H20N2O4. The molecule has 1 fully saturated rings. The normalized spacial score (nSPS) is 21.4. The summed E-state index contributed by atoms with van der Waals surface area (Å²) in [7, 11) is 0. The van der Waals surface area contributed by atoms with Crippen LogP contribution in [0.4, 0.5) is 0 Å². The van der Waals surface area contributed by atoms with Crippen molar-refractivity contribution >= 4 is 23.6 Å². The predicted molar refractivity (Wildman–Crippen MR) is 81.4 cm³/mol. The molecule has 1 atom stereocenters. The van der Waals surface area contributed by atoms with Crippen molar-refractivity contribution in [2.75, 3.05) is 0 Å². The Morgan fingerprint density at radius 1 is 1.23 bits per heavy atom. The molecule has 4 amide bonds. The fourth-order valence-corrected chi connectivity index (χ4v) is 2.38. The molecule has 0 saturated carbocycles. The summed E-state index contributed by atoms with van der Waals surface area (Å²) >= 11 is 0. The molecule has 0 radical (unpaired) electrons. The summed E-state index contributed by atoms with van der Waals surface area (Å²) < 4.78 is 0. The molecule has 2 rings (SSSR count). The van der Waals surface area contributed by atoms with Crippen molar-refractivity contribution in [3.8, 4) is 0 Å². The largest absolute Gasteiger partial charge is 0.295 e. The summed E-state index contributed by atoms with van der Waals surface area (Å²) in [6.45, 7) is 12.8. The summed E-state index contributed by atoms with van der Waals surface area (Å²) in [5.74, 6) is -2.17. The lowest BCUT2D eigenvalue weighted by molar-refractivity contribution is -0.149. The van der Waals surface area contributed by atoms with Crippen molar-refractivity contribution < 1.29 is 19.2 Å². The lowest BCUT2D eigenvalue weighted by Gasteiger charge is -2.28. The third kappa shape index (κ3) is 2.90. The zero-order chi connectivity index (χ0) is 17.0. The van der Waals surface area contributed by atoms with Crippen LogP contribution in [0.2, 0.25) is 0 Å². The second-order valence-electron chi connectivity index (χ2n) is 4.72. The summed E-state index contributed by atoms with van der Waals surface area (Å²) in [5.41, 5.74) is 0.759. The number of nitrogens with zero attached hydrogens (tertiary/aromatic N) is 1. The van der Waals surface area contributed by atoms with Gasteiger partial charge in [0.15, 0.2) is 0 Å². The van der Waals surface area contributed by atoms with E-state index in [4.69, 9.17) is 0 Å². The van der Waals surface area contributed by atoms with Gasteiger partial charge in [-0.25, -0.2) is 0 Å². The van der Waals surface area contributed by atoms with Crippen molar-refractivity contribution in [3.63, 3.8) is 0 Å². The number of hydrogen-bond acceptors (Lipinski definition) is 4. The fourth-order valence-electron chi connectivity index (χ4n) is 2.38. The van der Waals surface area contributed by atoms with Crippen LogP contribution < -0.4 is 5.32 Å². The molecule has 2 aliphatic heterocycles. The topological polar surface area (TPSA) is 83.6 Å². The predicted octanol–water partition coefficient (Wildman–Crippen LogP) is 1.25. The van der Waals surface area contributed by atoms with Crippen molar-refractivity contribution in [1.82, 2.24) is 10.2 Å². The first-order valence-electron chi connectivity index (χ1n) is 7.12. The Morgan fingerprint density at radius 3 is 2.23 bits per heavy atom. The Kier molecular flexibility index (Phi) is 5.56. The summed E-state index contributed by atoms with van der Waals surface area (Å²) in [6.07, 6.45) is 1.52. The van der Waals surface area contributed by atoms with Gasteiger partial charge in [-0.15, -0.1) is 0 Å². The van der Waals surface area contributed by atoms with Crippen molar-refractivity contribution in [3.05, 3.63) is 36.0 Å². The maximum absolute atomic E-state index is 12.3. The Hall–Kier alpha value is -2.50. The molecule has 2 heterocycles. The van der Waals surface area contributed by atoms with Crippen LogP contribution in [0, 0.1) is 0 Å². The smallest absolute Gasteiger partial charge is 0.262 e. The molecule has 0 aromatic carbocycles. The lowest BCUT2D eigenvalue weighted by Crippen LogP contribution is -2.54. The highest BCUT2D eigenvalue weighted by atomic mass is 16.2. The van der Waals surface area contributed by atoms with Gasteiger partial charge in [-0.05, 0) is 18.9 Å². The van der Waals surface area contributed by atoms with E-state index in [1.54, 1.807) is 6.92 Å². The van der Waals surface area contributed by atoms with E-state index in [1.807, 2.05) is 13.8 Å². The van der Waals surface area contributed by atoms with E-state index in [-0.39, 0.29) is 24.0 Å². The molecule has 1 unspecified atom stereocenters. The first-order chi connectivity index (χ1) is 10.4. The zero-order valence-corrected chi connectivity index (χ0v) is 13.1. The molecule has 0 aliphatic carbocycles.